The lowest BCUT2D eigenvalue weighted by molar-refractivity contribution is 0.0311. The summed E-state index contributed by atoms with van der Waals surface area (Å²) in [4.78, 5) is 16.7. The molecule has 2 atom stereocenters. The van der Waals surface area contributed by atoms with Gasteiger partial charge in [0.2, 0.25) is 0 Å². The molecule has 2 aliphatic rings. The highest BCUT2D eigenvalue weighted by atomic mass is 16.3. The van der Waals surface area contributed by atoms with Crippen LogP contribution >= 0.6 is 0 Å². The molecule has 5 nitrogen and oxygen atoms in total. The Morgan fingerprint density at radius 2 is 2.00 bits per heavy atom. The van der Waals surface area contributed by atoms with Crippen LogP contribution in [0.4, 0.5) is 0 Å². The van der Waals surface area contributed by atoms with Gasteiger partial charge in [-0.2, -0.15) is 0 Å². The summed E-state index contributed by atoms with van der Waals surface area (Å²) < 4.78 is 1.87. The number of aliphatic hydroxyl groups is 1. The van der Waals surface area contributed by atoms with Gasteiger partial charge in [-0.25, -0.2) is 0 Å². The van der Waals surface area contributed by atoms with Crippen LogP contribution in [0, 0.1) is 0 Å². The Kier molecular flexibility index (Phi) is 3.81. The maximum atomic E-state index is 12.4. The minimum Gasteiger partial charge on any atom is -0.391 e. The number of nitrogens with zero attached hydrogens (tertiary/aromatic N) is 3. The summed E-state index contributed by atoms with van der Waals surface area (Å²) in [7, 11) is 1.90. The van der Waals surface area contributed by atoms with Crippen LogP contribution in [0.5, 0.6) is 0 Å². The molecule has 0 radical (unpaired) electrons. The first-order valence-corrected chi connectivity index (χ1v) is 7.49. The number of amides is 1. The highest BCUT2D eigenvalue weighted by molar-refractivity contribution is 5.92. The number of aliphatic hydroxyl groups excluding tert-OH is 1. The fourth-order valence-corrected chi connectivity index (χ4v) is 3.45. The van der Waals surface area contributed by atoms with E-state index in [1.807, 2.05) is 34.8 Å². The predicted molar refractivity (Wildman–Crippen MR) is 76.5 cm³/mol. The lowest BCUT2D eigenvalue weighted by Crippen LogP contribution is -2.53. The first-order valence-electron chi connectivity index (χ1n) is 7.49. The molecule has 2 fully saturated rings. The van der Waals surface area contributed by atoms with Gasteiger partial charge in [0.15, 0.2) is 0 Å². The van der Waals surface area contributed by atoms with E-state index in [4.69, 9.17) is 0 Å². The first-order chi connectivity index (χ1) is 9.66. The van der Waals surface area contributed by atoms with E-state index < -0.39 is 0 Å². The molecule has 3 rings (SSSR count). The Morgan fingerprint density at radius 1 is 1.25 bits per heavy atom. The summed E-state index contributed by atoms with van der Waals surface area (Å²) in [6, 6.07) is 4.08. The molecule has 110 valence electrons. The average molecular weight is 277 g/mol. The highest BCUT2D eigenvalue weighted by Gasteiger charge is 2.33. The maximum absolute atomic E-state index is 12.4. The zero-order chi connectivity index (χ0) is 14.1. The third-order valence-electron chi connectivity index (χ3n) is 4.68. The molecule has 1 aliphatic heterocycles. The summed E-state index contributed by atoms with van der Waals surface area (Å²) in [6.07, 6.45) is 4.86. The van der Waals surface area contributed by atoms with Crippen molar-refractivity contribution in [3.8, 4) is 0 Å². The number of aromatic nitrogens is 1. The molecule has 1 saturated heterocycles. The van der Waals surface area contributed by atoms with Crippen LogP contribution in [0.3, 0.4) is 0 Å². The van der Waals surface area contributed by atoms with E-state index >= 15 is 0 Å². The molecule has 1 aromatic heterocycles. The maximum Gasteiger partial charge on any atom is 0.270 e. The smallest absolute Gasteiger partial charge is 0.270 e. The number of carbonyl (C=O) groups is 1. The van der Waals surface area contributed by atoms with E-state index in [0.29, 0.717) is 6.04 Å². The van der Waals surface area contributed by atoms with Gasteiger partial charge in [0.25, 0.3) is 5.91 Å². The first kappa shape index (κ1) is 13.6. The molecule has 0 spiro atoms. The second kappa shape index (κ2) is 5.58. The van der Waals surface area contributed by atoms with Gasteiger partial charge in [0, 0.05) is 45.5 Å². The molecule has 2 heterocycles. The van der Waals surface area contributed by atoms with Crippen LogP contribution in [0.15, 0.2) is 18.3 Å². The van der Waals surface area contributed by atoms with Gasteiger partial charge in [-0.15, -0.1) is 0 Å². The largest absolute Gasteiger partial charge is 0.391 e. The van der Waals surface area contributed by atoms with Crippen molar-refractivity contribution in [1.29, 1.82) is 0 Å². The molecule has 1 saturated carbocycles. The second-order valence-corrected chi connectivity index (χ2v) is 5.90. The number of carbonyl (C=O) groups excluding carboxylic acids is 1. The third-order valence-corrected chi connectivity index (χ3v) is 4.68. The standard InChI is InChI=1S/C15H23N3O2/c1-16-7-3-5-13(16)15(20)18-10-8-17(9-11-18)12-4-2-6-14(12)19/h3,5,7,12,14,19H,2,4,6,8-11H2,1H3/t12-,14+/m0/s1. The van der Waals surface area contributed by atoms with E-state index in [1.165, 1.54) is 0 Å². The van der Waals surface area contributed by atoms with E-state index in [1.54, 1.807) is 0 Å². The van der Waals surface area contributed by atoms with Crippen LogP contribution in [0.2, 0.25) is 0 Å². The molecule has 1 aromatic rings. The molecule has 0 aromatic carbocycles. The van der Waals surface area contributed by atoms with Crippen LogP contribution in [-0.4, -0.2) is 63.7 Å². The molecule has 20 heavy (non-hydrogen) atoms. The summed E-state index contributed by atoms with van der Waals surface area (Å²) >= 11 is 0. The van der Waals surface area contributed by atoms with Crippen LogP contribution in [0.25, 0.3) is 0 Å². The number of hydrogen-bond donors (Lipinski definition) is 1. The molecule has 1 aliphatic carbocycles. The highest BCUT2D eigenvalue weighted by Crippen LogP contribution is 2.25. The lowest BCUT2D eigenvalue weighted by atomic mass is 10.1. The minimum atomic E-state index is -0.176. The van der Waals surface area contributed by atoms with Gasteiger partial charge >= 0.3 is 0 Å². The second-order valence-electron chi connectivity index (χ2n) is 5.90. The number of piperazine rings is 1. The fraction of sp³-hybridized carbons (Fsp3) is 0.667. The molecule has 0 unspecified atom stereocenters. The zero-order valence-electron chi connectivity index (χ0n) is 12.0. The van der Waals surface area contributed by atoms with Gasteiger partial charge in [0.05, 0.1) is 6.10 Å². The minimum absolute atomic E-state index is 0.115. The molecule has 5 heteroatoms. The monoisotopic (exact) mass is 277 g/mol. The lowest BCUT2D eigenvalue weighted by Gasteiger charge is -2.39. The summed E-state index contributed by atoms with van der Waals surface area (Å²) in [6.45, 7) is 3.26. The van der Waals surface area contributed by atoms with Crippen LogP contribution < -0.4 is 0 Å². The SMILES string of the molecule is Cn1cccc1C(=O)N1CCN([C@H]2CCC[C@H]2O)CC1. The Morgan fingerprint density at radius 3 is 2.55 bits per heavy atom. The predicted octanol–water partition coefficient (Wildman–Crippen LogP) is 0.696. The number of aryl methyl sites for hydroxylation is 1. The molecular formula is C15H23N3O2. The van der Waals surface area contributed by atoms with E-state index in [9.17, 15) is 9.90 Å². The van der Waals surface area contributed by atoms with Crippen molar-refractivity contribution in [2.75, 3.05) is 26.2 Å². The van der Waals surface area contributed by atoms with E-state index in [-0.39, 0.29) is 12.0 Å². The summed E-state index contributed by atoms with van der Waals surface area (Å²) in [5.41, 5.74) is 0.749. The van der Waals surface area contributed by atoms with E-state index in [2.05, 4.69) is 4.90 Å². The summed E-state index contributed by atoms with van der Waals surface area (Å²) in [5.74, 6) is 0.115. The Balaban J connectivity index is 1.58. The number of hydrogen-bond acceptors (Lipinski definition) is 3. The van der Waals surface area contributed by atoms with Crippen molar-refractivity contribution in [1.82, 2.24) is 14.4 Å². The van der Waals surface area contributed by atoms with Crippen molar-refractivity contribution in [2.24, 2.45) is 7.05 Å². The molecule has 0 bridgehead atoms. The van der Waals surface area contributed by atoms with Gasteiger partial charge in [-0.1, -0.05) is 0 Å². The fourth-order valence-electron chi connectivity index (χ4n) is 3.45. The van der Waals surface area contributed by atoms with Crippen molar-refractivity contribution >= 4 is 5.91 Å². The van der Waals surface area contributed by atoms with Crippen molar-refractivity contribution in [2.45, 2.75) is 31.4 Å². The third kappa shape index (κ3) is 2.47. The Labute approximate surface area is 119 Å². The topological polar surface area (TPSA) is 48.7 Å². The van der Waals surface area contributed by atoms with Gasteiger partial charge < -0.3 is 14.6 Å². The Bertz CT molecular complexity index is 477. The van der Waals surface area contributed by atoms with Gasteiger partial charge in [-0.3, -0.25) is 9.69 Å². The van der Waals surface area contributed by atoms with Crippen molar-refractivity contribution in [3.63, 3.8) is 0 Å². The van der Waals surface area contributed by atoms with Crippen molar-refractivity contribution < 1.29 is 9.90 Å². The normalized spacial score (nSPS) is 28.0. The molecule has 1 N–H and O–H groups in total. The van der Waals surface area contributed by atoms with Crippen LogP contribution in [0.1, 0.15) is 29.8 Å². The zero-order valence-corrected chi connectivity index (χ0v) is 12.0. The average Bonchev–Trinajstić information content (AvgIpc) is 3.07. The number of rotatable bonds is 2. The van der Waals surface area contributed by atoms with Gasteiger partial charge in [-0.05, 0) is 31.4 Å². The van der Waals surface area contributed by atoms with E-state index in [0.717, 1.165) is 51.1 Å². The quantitative estimate of drug-likeness (QED) is 0.865. The molecule has 1 amide bonds. The Hall–Kier alpha value is -1.33. The van der Waals surface area contributed by atoms with Crippen molar-refractivity contribution in [3.05, 3.63) is 24.0 Å². The summed E-state index contributed by atoms with van der Waals surface area (Å²) in [5, 5.41) is 9.98. The van der Waals surface area contributed by atoms with Gasteiger partial charge in [0.1, 0.15) is 5.69 Å². The molecular weight excluding hydrogens is 254 g/mol. The van der Waals surface area contributed by atoms with Crippen LogP contribution in [-0.2, 0) is 7.05 Å².